The van der Waals surface area contributed by atoms with Gasteiger partial charge in [-0.1, -0.05) is 11.2 Å². The topological polar surface area (TPSA) is 94.3 Å². The Morgan fingerprint density at radius 3 is 2.96 bits per heavy atom. The molecule has 1 aliphatic carbocycles. The molecule has 0 unspecified atom stereocenters. The molecule has 3 aromatic heterocycles. The smallest absolute Gasteiger partial charge is 0.339 e. The Balaban J connectivity index is 1.50. The summed E-state index contributed by atoms with van der Waals surface area (Å²) in [5.41, 5.74) is 2.05. The molecular weight excluding hydrogens is 366 g/mol. The van der Waals surface area contributed by atoms with Crippen molar-refractivity contribution in [1.29, 1.82) is 0 Å². The summed E-state index contributed by atoms with van der Waals surface area (Å²) in [6.45, 7) is 3.72. The lowest BCUT2D eigenvalue weighted by Crippen LogP contribution is -2.35. The van der Waals surface area contributed by atoms with E-state index in [9.17, 15) is 9.59 Å². The number of aromatic nitrogens is 2. The van der Waals surface area contributed by atoms with E-state index in [4.69, 9.17) is 9.26 Å². The molecule has 8 heteroatoms. The summed E-state index contributed by atoms with van der Waals surface area (Å²) in [4.78, 5) is 30.5. The van der Waals surface area contributed by atoms with Crippen LogP contribution in [0.25, 0.3) is 11.1 Å². The van der Waals surface area contributed by atoms with E-state index in [1.807, 2.05) is 17.5 Å². The molecule has 0 radical (unpaired) electrons. The Labute approximate surface area is 159 Å². The Morgan fingerprint density at radius 2 is 2.26 bits per heavy atom. The molecule has 0 bridgehead atoms. The second-order valence-corrected chi connectivity index (χ2v) is 7.69. The van der Waals surface area contributed by atoms with Crippen LogP contribution in [-0.4, -0.2) is 28.1 Å². The van der Waals surface area contributed by atoms with E-state index < -0.39 is 12.1 Å². The standard InChI is InChI=1S/C19H19N3O4S/c1-10-16-14(8-15(12-5-6-12)21-18(16)26-22-10)19(24)25-11(2)17(23)20-9-13-4-3-7-27-13/h3-4,7-8,11-12H,5-6,9H2,1-2H3,(H,20,23)/t11-/m0/s1. The van der Waals surface area contributed by atoms with Crippen LogP contribution in [0.3, 0.4) is 0 Å². The number of pyridine rings is 1. The number of carbonyl (C=O) groups is 2. The van der Waals surface area contributed by atoms with E-state index in [-0.39, 0.29) is 5.91 Å². The lowest BCUT2D eigenvalue weighted by molar-refractivity contribution is -0.129. The first-order valence-electron chi connectivity index (χ1n) is 8.81. The molecule has 1 aliphatic rings. The summed E-state index contributed by atoms with van der Waals surface area (Å²) in [7, 11) is 0. The van der Waals surface area contributed by atoms with Gasteiger partial charge < -0.3 is 14.6 Å². The van der Waals surface area contributed by atoms with Gasteiger partial charge in [-0.2, -0.15) is 0 Å². The van der Waals surface area contributed by atoms with Gasteiger partial charge in [0.1, 0.15) is 0 Å². The molecule has 0 aliphatic heterocycles. The van der Waals surface area contributed by atoms with Crippen LogP contribution in [-0.2, 0) is 16.1 Å². The Bertz CT molecular complexity index is 992. The first kappa shape index (κ1) is 17.7. The van der Waals surface area contributed by atoms with Crippen molar-refractivity contribution in [2.45, 2.75) is 45.3 Å². The molecule has 27 heavy (non-hydrogen) atoms. The number of ether oxygens (including phenoxy) is 1. The number of nitrogens with one attached hydrogen (secondary N) is 1. The average molecular weight is 385 g/mol. The SMILES string of the molecule is Cc1noc2nc(C3CC3)cc(C(=O)O[C@@H](C)C(=O)NCc3cccs3)c12. The number of hydrogen-bond donors (Lipinski definition) is 1. The fourth-order valence-corrected chi connectivity index (χ4v) is 3.52. The van der Waals surface area contributed by atoms with Crippen molar-refractivity contribution in [3.8, 4) is 0 Å². The van der Waals surface area contributed by atoms with Gasteiger partial charge >= 0.3 is 5.97 Å². The minimum Gasteiger partial charge on any atom is -0.449 e. The summed E-state index contributed by atoms with van der Waals surface area (Å²) in [5.74, 6) is -0.571. The highest BCUT2D eigenvalue weighted by atomic mass is 32.1. The van der Waals surface area contributed by atoms with Crippen molar-refractivity contribution in [1.82, 2.24) is 15.5 Å². The third kappa shape index (κ3) is 3.71. The van der Waals surface area contributed by atoms with E-state index in [1.54, 1.807) is 31.3 Å². The minimum atomic E-state index is -0.912. The highest BCUT2D eigenvalue weighted by Crippen LogP contribution is 2.40. The molecule has 3 heterocycles. The fourth-order valence-electron chi connectivity index (χ4n) is 2.87. The van der Waals surface area contributed by atoms with Gasteiger partial charge in [-0.05, 0) is 44.2 Å². The van der Waals surface area contributed by atoms with Crippen molar-refractivity contribution in [3.05, 3.63) is 45.4 Å². The highest BCUT2D eigenvalue weighted by molar-refractivity contribution is 7.09. The lowest BCUT2D eigenvalue weighted by atomic mass is 10.1. The molecule has 140 valence electrons. The monoisotopic (exact) mass is 385 g/mol. The maximum atomic E-state index is 12.8. The number of esters is 1. The third-order valence-corrected chi connectivity index (χ3v) is 5.40. The number of thiophene rings is 1. The van der Waals surface area contributed by atoms with E-state index in [0.29, 0.717) is 34.8 Å². The van der Waals surface area contributed by atoms with E-state index in [1.165, 1.54) is 0 Å². The molecule has 1 atom stereocenters. The molecule has 1 fully saturated rings. The van der Waals surface area contributed by atoms with Gasteiger partial charge in [0.2, 0.25) is 0 Å². The molecular formula is C19H19N3O4S. The Morgan fingerprint density at radius 1 is 1.44 bits per heavy atom. The van der Waals surface area contributed by atoms with E-state index in [2.05, 4.69) is 15.5 Å². The van der Waals surface area contributed by atoms with Gasteiger partial charge in [0.15, 0.2) is 6.10 Å². The molecule has 7 nitrogen and oxygen atoms in total. The van der Waals surface area contributed by atoms with Crippen LogP contribution in [0.2, 0.25) is 0 Å². The second kappa shape index (κ2) is 7.11. The number of carbonyl (C=O) groups excluding carboxylic acids is 2. The maximum Gasteiger partial charge on any atom is 0.339 e. The molecule has 1 amide bonds. The van der Waals surface area contributed by atoms with E-state index in [0.717, 1.165) is 23.4 Å². The fraction of sp³-hybridized carbons (Fsp3) is 0.368. The summed E-state index contributed by atoms with van der Waals surface area (Å²) in [6, 6.07) is 5.59. The molecule has 1 N–H and O–H groups in total. The first-order chi connectivity index (χ1) is 13.0. The van der Waals surface area contributed by atoms with Gasteiger partial charge in [0, 0.05) is 16.5 Å². The van der Waals surface area contributed by atoms with Crippen LogP contribution in [0, 0.1) is 6.92 Å². The largest absolute Gasteiger partial charge is 0.449 e. The molecule has 0 spiro atoms. The predicted octanol–water partition coefficient (Wildman–Crippen LogP) is 3.33. The van der Waals surface area contributed by atoms with Crippen LogP contribution in [0.4, 0.5) is 0 Å². The first-order valence-corrected chi connectivity index (χ1v) is 9.69. The van der Waals surface area contributed by atoms with Crippen LogP contribution in [0.5, 0.6) is 0 Å². The normalized spacial score (nSPS) is 14.9. The van der Waals surface area contributed by atoms with Crippen LogP contribution in [0.1, 0.15) is 52.3 Å². The van der Waals surface area contributed by atoms with Gasteiger partial charge in [-0.25, -0.2) is 9.78 Å². The molecule has 0 saturated heterocycles. The predicted molar refractivity (Wildman–Crippen MR) is 99.6 cm³/mol. The van der Waals surface area contributed by atoms with Crippen LogP contribution < -0.4 is 5.32 Å². The van der Waals surface area contributed by atoms with Crippen molar-refractivity contribution < 1.29 is 18.8 Å². The number of nitrogens with zero attached hydrogens (tertiary/aromatic N) is 2. The van der Waals surface area contributed by atoms with Crippen molar-refractivity contribution in [2.75, 3.05) is 0 Å². The summed E-state index contributed by atoms with van der Waals surface area (Å²) < 4.78 is 10.7. The van der Waals surface area contributed by atoms with Gasteiger partial charge in [-0.3, -0.25) is 4.79 Å². The van der Waals surface area contributed by atoms with Gasteiger partial charge in [0.25, 0.3) is 11.6 Å². The molecule has 3 aromatic rings. The summed E-state index contributed by atoms with van der Waals surface area (Å²) in [5, 5.41) is 9.16. The Hall–Kier alpha value is -2.74. The Kier molecular flexibility index (Phi) is 4.65. The third-order valence-electron chi connectivity index (χ3n) is 4.52. The lowest BCUT2D eigenvalue weighted by Gasteiger charge is -2.14. The molecule has 0 aromatic carbocycles. The quantitative estimate of drug-likeness (QED) is 0.654. The number of aryl methyl sites for hydroxylation is 1. The molecule has 1 saturated carbocycles. The van der Waals surface area contributed by atoms with Crippen molar-refractivity contribution in [2.24, 2.45) is 0 Å². The second-order valence-electron chi connectivity index (χ2n) is 6.66. The number of amides is 1. The van der Waals surface area contributed by atoms with Crippen molar-refractivity contribution in [3.63, 3.8) is 0 Å². The van der Waals surface area contributed by atoms with Gasteiger partial charge in [-0.15, -0.1) is 11.3 Å². The van der Waals surface area contributed by atoms with Gasteiger partial charge in [0.05, 0.1) is 23.2 Å². The summed E-state index contributed by atoms with van der Waals surface area (Å²) >= 11 is 1.55. The maximum absolute atomic E-state index is 12.8. The minimum absolute atomic E-state index is 0.332. The van der Waals surface area contributed by atoms with Crippen molar-refractivity contribution >= 4 is 34.3 Å². The zero-order valence-corrected chi connectivity index (χ0v) is 15.8. The number of hydrogen-bond acceptors (Lipinski definition) is 7. The number of fused-ring (bicyclic) bond motifs is 1. The van der Waals surface area contributed by atoms with Crippen LogP contribution >= 0.6 is 11.3 Å². The zero-order chi connectivity index (χ0) is 19.0. The summed E-state index contributed by atoms with van der Waals surface area (Å²) in [6.07, 6.45) is 1.17. The molecule has 4 rings (SSSR count). The zero-order valence-electron chi connectivity index (χ0n) is 15.0. The van der Waals surface area contributed by atoms with E-state index >= 15 is 0 Å². The highest BCUT2D eigenvalue weighted by Gasteiger charge is 2.30. The van der Waals surface area contributed by atoms with Crippen LogP contribution in [0.15, 0.2) is 28.1 Å². The number of rotatable bonds is 6. The average Bonchev–Trinajstić information content (AvgIpc) is 3.26.